The second-order valence-electron chi connectivity index (χ2n) is 5.68. The smallest absolute Gasteiger partial charge is 0.238 e. The monoisotopic (exact) mass is 341 g/mol. The topological polar surface area (TPSA) is 81.7 Å². The summed E-state index contributed by atoms with van der Waals surface area (Å²) < 4.78 is 35.3. The van der Waals surface area contributed by atoms with Crippen LogP contribution in [0.3, 0.4) is 0 Å². The van der Waals surface area contributed by atoms with Gasteiger partial charge in [-0.1, -0.05) is 12.1 Å². The van der Waals surface area contributed by atoms with E-state index < -0.39 is 21.0 Å². The van der Waals surface area contributed by atoms with E-state index in [1.165, 1.54) is 14.0 Å². The van der Waals surface area contributed by atoms with Gasteiger partial charge in [-0.25, -0.2) is 8.42 Å². The Hall–Kier alpha value is -1.60. The van der Waals surface area contributed by atoms with Crippen molar-refractivity contribution in [2.45, 2.75) is 36.9 Å². The van der Waals surface area contributed by atoms with Gasteiger partial charge in [0, 0.05) is 13.2 Å². The Balaban J connectivity index is 1.95. The molecule has 1 saturated heterocycles. The number of benzene rings is 1. The average Bonchev–Trinajstić information content (AvgIpc) is 3.05. The van der Waals surface area contributed by atoms with Crippen molar-refractivity contribution in [3.05, 3.63) is 29.8 Å². The lowest BCUT2D eigenvalue weighted by Crippen LogP contribution is -2.41. The molecule has 1 amide bonds. The van der Waals surface area contributed by atoms with Crippen LogP contribution in [-0.2, 0) is 25.1 Å². The van der Waals surface area contributed by atoms with Gasteiger partial charge in [0.25, 0.3) is 0 Å². The summed E-state index contributed by atoms with van der Waals surface area (Å²) in [7, 11) is -2.07. The van der Waals surface area contributed by atoms with Gasteiger partial charge in [-0.05, 0) is 37.5 Å². The highest BCUT2D eigenvalue weighted by molar-refractivity contribution is 7.92. The quantitative estimate of drug-likeness (QED) is 0.808. The van der Waals surface area contributed by atoms with E-state index in [1.54, 1.807) is 24.3 Å². The molecule has 7 heteroatoms. The average molecular weight is 341 g/mol. The molecule has 0 bridgehead atoms. The highest BCUT2D eigenvalue weighted by atomic mass is 32.2. The number of methoxy groups -OCH3 is 1. The van der Waals surface area contributed by atoms with Gasteiger partial charge >= 0.3 is 0 Å². The van der Waals surface area contributed by atoms with Crippen molar-refractivity contribution in [1.29, 1.82) is 0 Å². The Bertz CT molecular complexity index is 638. The zero-order valence-corrected chi connectivity index (χ0v) is 14.3. The third-order valence-electron chi connectivity index (χ3n) is 3.94. The van der Waals surface area contributed by atoms with Crippen LogP contribution in [0.4, 0.5) is 0 Å². The first-order valence-corrected chi connectivity index (χ1v) is 9.38. The van der Waals surface area contributed by atoms with Gasteiger partial charge in [0.15, 0.2) is 9.84 Å². The normalized spacial score (nSPS) is 19.3. The minimum atomic E-state index is -3.59. The Kier molecular flexibility index (Phi) is 6.01. The van der Waals surface area contributed by atoms with Crippen LogP contribution in [-0.4, -0.2) is 45.9 Å². The molecular formula is C16H23NO5S. The third kappa shape index (κ3) is 4.94. The summed E-state index contributed by atoms with van der Waals surface area (Å²) in [5.41, 5.74) is 0.600. The number of sulfone groups is 1. The molecule has 1 aromatic carbocycles. The molecular weight excluding hydrogens is 318 g/mol. The number of nitrogens with one attached hydrogen (secondary N) is 1. The van der Waals surface area contributed by atoms with Crippen molar-refractivity contribution < 1.29 is 22.7 Å². The molecule has 1 heterocycles. The fourth-order valence-electron chi connectivity index (χ4n) is 2.45. The standard InChI is InChI=1S/C16H23NO5S/c1-12(16(18)17-10-15-7-4-8-22-15)23(19,20)11-13-5-3-6-14(9-13)21-2/h3,5-6,9,12,15H,4,7-8,10-11H2,1-2H3,(H,17,18). The Labute approximate surface area is 137 Å². The second kappa shape index (κ2) is 7.79. The van der Waals surface area contributed by atoms with Crippen molar-refractivity contribution in [3.63, 3.8) is 0 Å². The molecule has 0 aliphatic carbocycles. The second-order valence-corrected chi connectivity index (χ2v) is 8.00. The number of amides is 1. The molecule has 1 N–H and O–H groups in total. The first-order valence-electron chi connectivity index (χ1n) is 7.66. The van der Waals surface area contributed by atoms with Gasteiger partial charge in [0.05, 0.1) is 19.0 Å². The maximum absolute atomic E-state index is 12.4. The lowest BCUT2D eigenvalue weighted by Gasteiger charge is -2.16. The van der Waals surface area contributed by atoms with Gasteiger partial charge in [-0.15, -0.1) is 0 Å². The first kappa shape index (κ1) is 17.7. The largest absolute Gasteiger partial charge is 0.497 e. The number of rotatable bonds is 7. The van der Waals surface area contributed by atoms with E-state index in [4.69, 9.17) is 9.47 Å². The molecule has 0 aromatic heterocycles. The molecule has 1 aromatic rings. The summed E-state index contributed by atoms with van der Waals surface area (Å²) in [4.78, 5) is 12.1. The SMILES string of the molecule is COc1cccc(CS(=O)(=O)C(C)C(=O)NCC2CCCO2)c1. The van der Waals surface area contributed by atoms with Crippen LogP contribution in [0.2, 0.25) is 0 Å². The summed E-state index contributed by atoms with van der Waals surface area (Å²) in [6.45, 7) is 2.47. The molecule has 1 aliphatic rings. The van der Waals surface area contributed by atoms with E-state index in [-0.39, 0.29) is 11.9 Å². The van der Waals surface area contributed by atoms with Gasteiger partial charge in [0.1, 0.15) is 11.0 Å². The maximum Gasteiger partial charge on any atom is 0.238 e. The molecule has 0 spiro atoms. The van der Waals surface area contributed by atoms with Crippen LogP contribution in [0.1, 0.15) is 25.3 Å². The summed E-state index contributed by atoms with van der Waals surface area (Å²) in [6, 6.07) is 6.84. The predicted octanol–water partition coefficient (Wildman–Crippen LogP) is 1.29. The molecule has 128 valence electrons. The highest BCUT2D eigenvalue weighted by Crippen LogP contribution is 2.17. The molecule has 0 radical (unpaired) electrons. The number of carbonyl (C=O) groups excluding carboxylic acids is 1. The fourth-order valence-corrected chi connectivity index (χ4v) is 3.75. The molecule has 1 fully saturated rings. The van der Waals surface area contributed by atoms with Crippen molar-refractivity contribution in [2.24, 2.45) is 0 Å². The Morgan fingerprint density at radius 3 is 2.91 bits per heavy atom. The number of carbonyl (C=O) groups is 1. The summed E-state index contributed by atoms with van der Waals surface area (Å²) in [5, 5.41) is 1.57. The van der Waals surface area contributed by atoms with Crippen molar-refractivity contribution >= 4 is 15.7 Å². The number of hydrogen-bond acceptors (Lipinski definition) is 5. The van der Waals surface area contributed by atoms with Crippen LogP contribution in [0.5, 0.6) is 5.75 Å². The van der Waals surface area contributed by atoms with Crippen LogP contribution in [0.15, 0.2) is 24.3 Å². The maximum atomic E-state index is 12.4. The van der Waals surface area contributed by atoms with E-state index in [1.807, 2.05) is 0 Å². The van der Waals surface area contributed by atoms with E-state index in [2.05, 4.69) is 5.32 Å². The molecule has 2 atom stereocenters. The van der Waals surface area contributed by atoms with Gasteiger partial charge in [-0.3, -0.25) is 4.79 Å². The number of hydrogen-bond donors (Lipinski definition) is 1. The van der Waals surface area contributed by atoms with E-state index in [0.29, 0.717) is 24.5 Å². The van der Waals surface area contributed by atoms with Crippen LogP contribution < -0.4 is 10.1 Å². The minimum absolute atomic E-state index is 0.00719. The van der Waals surface area contributed by atoms with Gasteiger partial charge < -0.3 is 14.8 Å². The van der Waals surface area contributed by atoms with E-state index in [9.17, 15) is 13.2 Å². The molecule has 0 saturated carbocycles. The minimum Gasteiger partial charge on any atom is -0.497 e. The van der Waals surface area contributed by atoms with Crippen molar-refractivity contribution in [1.82, 2.24) is 5.32 Å². The third-order valence-corrected chi connectivity index (χ3v) is 5.96. The van der Waals surface area contributed by atoms with Gasteiger partial charge in [0.2, 0.25) is 5.91 Å². The van der Waals surface area contributed by atoms with Crippen LogP contribution in [0.25, 0.3) is 0 Å². The molecule has 23 heavy (non-hydrogen) atoms. The fraction of sp³-hybridized carbons (Fsp3) is 0.562. The van der Waals surface area contributed by atoms with E-state index in [0.717, 1.165) is 12.8 Å². The number of ether oxygens (including phenoxy) is 2. The predicted molar refractivity (Wildman–Crippen MR) is 87.1 cm³/mol. The first-order chi connectivity index (χ1) is 10.9. The van der Waals surface area contributed by atoms with Crippen LogP contribution >= 0.6 is 0 Å². The van der Waals surface area contributed by atoms with Gasteiger partial charge in [-0.2, -0.15) is 0 Å². The molecule has 6 nitrogen and oxygen atoms in total. The van der Waals surface area contributed by atoms with E-state index >= 15 is 0 Å². The highest BCUT2D eigenvalue weighted by Gasteiger charge is 2.29. The molecule has 2 rings (SSSR count). The summed E-state index contributed by atoms with van der Waals surface area (Å²) in [5.74, 6) is -0.0878. The Morgan fingerprint density at radius 1 is 1.48 bits per heavy atom. The lowest BCUT2D eigenvalue weighted by molar-refractivity contribution is -0.120. The Morgan fingerprint density at radius 2 is 2.26 bits per heavy atom. The lowest BCUT2D eigenvalue weighted by atomic mass is 10.2. The molecule has 2 unspecified atom stereocenters. The molecule has 1 aliphatic heterocycles. The van der Waals surface area contributed by atoms with Crippen molar-refractivity contribution in [2.75, 3.05) is 20.3 Å². The zero-order valence-electron chi connectivity index (χ0n) is 13.4. The summed E-state index contributed by atoms with van der Waals surface area (Å²) in [6.07, 6.45) is 1.86. The zero-order chi connectivity index (χ0) is 16.9. The summed E-state index contributed by atoms with van der Waals surface area (Å²) >= 11 is 0. The van der Waals surface area contributed by atoms with Crippen LogP contribution in [0, 0.1) is 0 Å². The van der Waals surface area contributed by atoms with Crippen molar-refractivity contribution in [3.8, 4) is 5.75 Å².